The summed E-state index contributed by atoms with van der Waals surface area (Å²) in [5.74, 6) is 0.0485. The van der Waals surface area contributed by atoms with Crippen LogP contribution < -0.4 is 0 Å². The molecule has 4 nitrogen and oxygen atoms in total. The first kappa shape index (κ1) is 15.0. The molecule has 0 atom stereocenters. The van der Waals surface area contributed by atoms with E-state index in [1.54, 1.807) is 6.92 Å². The molecule has 0 unspecified atom stereocenters. The maximum atomic E-state index is 12.2. The molecule has 1 heterocycles. The molecule has 0 spiro atoms. The molecule has 0 N–H and O–H groups in total. The van der Waals surface area contributed by atoms with Crippen LogP contribution in [0.15, 0.2) is 59.0 Å². The van der Waals surface area contributed by atoms with E-state index in [1.807, 2.05) is 61.5 Å². The molecule has 3 aromatic rings. The number of hydrogen-bond donors (Lipinski definition) is 0. The molecule has 2 aromatic carbocycles. The second kappa shape index (κ2) is 6.48. The fourth-order valence-electron chi connectivity index (χ4n) is 2.38. The van der Waals surface area contributed by atoms with Gasteiger partial charge in [-0.05, 0) is 31.5 Å². The molecule has 23 heavy (non-hydrogen) atoms. The molecule has 0 fully saturated rings. The van der Waals surface area contributed by atoms with Crippen molar-refractivity contribution in [3.63, 3.8) is 0 Å². The van der Waals surface area contributed by atoms with Gasteiger partial charge in [0.2, 0.25) is 11.7 Å². The van der Waals surface area contributed by atoms with Crippen molar-refractivity contribution in [3.8, 4) is 22.7 Å². The van der Waals surface area contributed by atoms with Crippen LogP contribution in [0, 0.1) is 6.92 Å². The van der Waals surface area contributed by atoms with Crippen LogP contribution in [0.3, 0.4) is 0 Å². The van der Waals surface area contributed by atoms with E-state index < -0.39 is 5.97 Å². The number of oxazole rings is 1. The average molecular weight is 307 g/mol. The minimum atomic E-state index is -0.500. The van der Waals surface area contributed by atoms with E-state index in [0.29, 0.717) is 11.6 Å². The standard InChI is InChI=1S/C19H17NO3/c1-3-22-19(21)17-16(15-12-8-7-9-13(15)2)20-18(23-17)14-10-5-4-6-11-14/h4-12H,3H2,1-2H3. The number of aryl methyl sites for hydroxylation is 1. The van der Waals surface area contributed by atoms with Crippen LogP contribution in [0.5, 0.6) is 0 Å². The summed E-state index contributed by atoms with van der Waals surface area (Å²) in [6.45, 7) is 4.02. The lowest BCUT2D eigenvalue weighted by Crippen LogP contribution is -2.05. The zero-order chi connectivity index (χ0) is 16.2. The highest BCUT2D eigenvalue weighted by molar-refractivity contribution is 5.94. The van der Waals surface area contributed by atoms with Crippen LogP contribution in [0.1, 0.15) is 23.0 Å². The molecule has 0 bridgehead atoms. The van der Waals surface area contributed by atoms with Gasteiger partial charge in [-0.2, -0.15) is 0 Å². The van der Waals surface area contributed by atoms with Crippen LogP contribution in [0.4, 0.5) is 0 Å². The third-order valence-corrected chi connectivity index (χ3v) is 3.51. The Bertz CT molecular complexity index is 822. The summed E-state index contributed by atoms with van der Waals surface area (Å²) < 4.78 is 10.8. The van der Waals surface area contributed by atoms with Crippen molar-refractivity contribution in [2.75, 3.05) is 6.61 Å². The van der Waals surface area contributed by atoms with Crippen LogP contribution in [-0.4, -0.2) is 17.6 Å². The number of rotatable bonds is 4. The first-order valence-electron chi connectivity index (χ1n) is 7.50. The lowest BCUT2D eigenvalue weighted by Gasteiger charge is -2.03. The number of carbonyl (C=O) groups is 1. The van der Waals surface area contributed by atoms with Gasteiger partial charge in [-0.3, -0.25) is 0 Å². The molecule has 116 valence electrons. The zero-order valence-electron chi connectivity index (χ0n) is 13.1. The summed E-state index contributed by atoms with van der Waals surface area (Å²) in [7, 11) is 0. The van der Waals surface area contributed by atoms with Gasteiger partial charge in [0.15, 0.2) is 0 Å². The van der Waals surface area contributed by atoms with Gasteiger partial charge in [0, 0.05) is 11.1 Å². The van der Waals surface area contributed by atoms with Crippen molar-refractivity contribution in [3.05, 3.63) is 65.9 Å². The van der Waals surface area contributed by atoms with Gasteiger partial charge in [-0.25, -0.2) is 9.78 Å². The predicted octanol–water partition coefficient (Wildman–Crippen LogP) is 4.49. The van der Waals surface area contributed by atoms with E-state index in [-0.39, 0.29) is 12.4 Å². The minimum Gasteiger partial charge on any atom is -0.460 e. The van der Waals surface area contributed by atoms with Crippen molar-refractivity contribution >= 4 is 5.97 Å². The van der Waals surface area contributed by atoms with Gasteiger partial charge in [-0.1, -0.05) is 42.5 Å². The summed E-state index contributed by atoms with van der Waals surface area (Å²) in [4.78, 5) is 16.8. The van der Waals surface area contributed by atoms with Crippen molar-refractivity contribution in [1.29, 1.82) is 0 Å². The Balaban J connectivity index is 2.15. The highest BCUT2D eigenvalue weighted by atomic mass is 16.5. The normalized spacial score (nSPS) is 10.5. The molecule has 1 aromatic heterocycles. The minimum absolute atomic E-state index is 0.139. The van der Waals surface area contributed by atoms with Crippen molar-refractivity contribution in [1.82, 2.24) is 4.98 Å². The summed E-state index contributed by atoms with van der Waals surface area (Å²) in [6.07, 6.45) is 0. The molecular weight excluding hydrogens is 290 g/mol. The van der Waals surface area contributed by atoms with Crippen molar-refractivity contribution in [2.24, 2.45) is 0 Å². The van der Waals surface area contributed by atoms with E-state index in [9.17, 15) is 4.79 Å². The first-order valence-corrected chi connectivity index (χ1v) is 7.50. The van der Waals surface area contributed by atoms with E-state index in [4.69, 9.17) is 9.15 Å². The summed E-state index contributed by atoms with van der Waals surface area (Å²) in [5, 5.41) is 0. The number of esters is 1. The SMILES string of the molecule is CCOC(=O)c1oc(-c2ccccc2)nc1-c1ccccc1C. The molecular formula is C19H17NO3. The van der Waals surface area contributed by atoms with Crippen LogP contribution in [0.2, 0.25) is 0 Å². The summed E-state index contributed by atoms with van der Waals surface area (Å²) in [6, 6.07) is 17.3. The second-order valence-electron chi connectivity index (χ2n) is 5.10. The third-order valence-electron chi connectivity index (χ3n) is 3.51. The van der Waals surface area contributed by atoms with Gasteiger partial charge in [0.25, 0.3) is 0 Å². The van der Waals surface area contributed by atoms with E-state index in [2.05, 4.69) is 4.98 Å². The Hall–Kier alpha value is -2.88. The summed E-state index contributed by atoms with van der Waals surface area (Å²) >= 11 is 0. The number of nitrogens with zero attached hydrogens (tertiary/aromatic N) is 1. The van der Waals surface area contributed by atoms with Crippen molar-refractivity contribution < 1.29 is 13.9 Å². The molecule has 0 saturated heterocycles. The monoisotopic (exact) mass is 307 g/mol. The maximum absolute atomic E-state index is 12.2. The Labute approximate surface area is 134 Å². The number of carbonyl (C=O) groups excluding carboxylic acids is 1. The van der Waals surface area contributed by atoms with Gasteiger partial charge < -0.3 is 9.15 Å². The van der Waals surface area contributed by atoms with Gasteiger partial charge >= 0.3 is 5.97 Å². The Morgan fingerprint density at radius 2 is 1.78 bits per heavy atom. The number of ether oxygens (including phenoxy) is 1. The highest BCUT2D eigenvalue weighted by Crippen LogP contribution is 2.31. The highest BCUT2D eigenvalue weighted by Gasteiger charge is 2.24. The molecule has 3 rings (SSSR count). The largest absolute Gasteiger partial charge is 0.460 e. The van der Waals surface area contributed by atoms with E-state index in [0.717, 1.165) is 16.7 Å². The van der Waals surface area contributed by atoms with Crippen molar-refractivity contribution in [2.45, 2.75) is 13.8 Å². The fraction of sp³-hybridized carbons (Fsp3) is 0.158. The Morgan fingerprint density at radius 3 is 2.48 bits per heavy atom. The molecule has 0 aliphatic heterocycles. The van der Waals surface area contributed by atoms with E-state index in [1.165, 1.54) is 0 Å². The maximum Gasteiger partial charge on any atom is 0.376 e. The predicted molar refractivity (Wildman–Crippen MR) is 88.1 cm³/mol. The molecule has 0 aliphatic carbocycles. The second-order valence-corrected chi connectivity index (χ2v) is 5.10. The lowest BCUT2D eigenvalue weighted by molar-refractivity contribution is 0.0492. The number of aromatic nitrogens is 1. The first-order chi connectivity index (χ1) is 11.2. The smallest absolute Gasteiger partial charge is 0.376 e. The van der Waals surface area contributed by atoms with Crippen LogP contribution >= 0.6 is 0 Å². The molecule has 0 radical (unpaired) electrons. The number of hydrogen-bond acceptors (Lipinski definition) is 4. The third kappa shape index (κ3) is 3.01. The molecule has 0 amide bonds. The van der Waals surface area contributed by atoms with Gasteiger partial charge in [-0.15, -0.1) is 0 Å². The molecule has 0 aliphatic rings. The Morgan fingerprint density at radius 1 is 1.09 bits per heavy atom. The Kier molecular flexibility index (Phi) is 4.24. The zero-order valence-corrected chi connectivity index (χ0v) is 13.1. The van der Waals surface area contributed by atoms with E-state index >= 15 is 0 Å². The molecule has 0 saturated carbocycles. The quantitative estimate of drug-likeness (QED) is 0.666. The van der Waals surface area contributed by atoms with Crippen LogP contribution in [-0.2, 0) is 4.74 Å². The molecule has 4 heteroatoms. The fourth-order valence-corrected chi connectivity index (χ4v) is 2.38. The van der Waals surface area contributed by atoms with Gasteiger partial charge in [0.05, 0.1) is 6.61 Å². The van der Waals surface area contributed by atoms with Gasteiger partial charge in [0.1, 0.15) is 5.69 Å². The topological polar surface area (TPSA) is 52.3 Å². The average Bonchev–Trinajstić information content (AvgIpc) is 3.01. The lowest BCUT2D eigenvalue weighted by atomic mass is 10.0. The summed E-state index contributed by atoms with van der Waals surface area (Å²) in [5.41, 5.74) is 3.21. The number of benzene rings is 2. The van der Waals surface area contributed by atoms with Crippen LogP contribution in [0.25, 0.3) is 22.7 Å².